The zero-order chi connectivity index (χ0) is 17.5. The predicted molar refractivity (Wildman–Crippen MR) is 99.1 cm³/mol. The molecule has 0 spiro atoms. The second kappa shape index (κ2) is 8.80. The number of hydrogen-bond donors (Lipinski definition) is 3. The quantitative estimate of drug-likeness (QED) is 0.474. The van der Waals surface area contributed by atoms with Crippen LogP contribution in [-0.2, 0) is 0 Å². The second-order valence-corrected chi connectivity index (χ2v) is 6.50. The van der Waals surface area contributed by atoms with Gasteiger partial charge >= 0.3 is 6.03 Å². The van der Waals surface area contributed by atoms with Crippen molar-refractivity contribution in [2.75, 3.05) is 18.5 Å². The van der Waals surface area contributed by atoms with Crippen LogP contribution in [0.5, 0.6) is 11.5 Å². The third-order valence-electron chi connectivity index (χ3n) is 3.16. The summed E-state index contributed by atoms with van der Waals surface area (Å²) >= 11 is 9.38. The smallest absolute Gasteiger partial charge is 0.319 e. The number of halogens is 2. The fourth-order valence-electron chi connectivity index (χ4n) is 1.96. The number of carbonyl (C=O) groups excluding carboxylic acids is 1. The molecule has 0 aliphatic carbocycles. The lowest BCUT2D eigenvalue weighted by Gasteiger charge is -2.11. The molecular formula is C17H18BrClN2O3. The Balaban J connectivity index is 1.69. The normalized spacial score (nSPS) is 10.3. The number of aryl methyl sites for hydroxylation is 1. The Hall–Kier alpha value is -1.92. The van der Waals surface area contributed by atoms with Gasteiger partial charge in [-0.25, -0.2) is 4.79 Å². The Kier molecular flexibility index (Phi) is 6.75. The number of aromatic hydroxyl groups is 1. The molecular weight excluding hydrogens is 396 g/mol. The molecule has 0 fully saturated rings. The van der Waals surface area contributed by atoms with Crippen molar-refractivity contribution in [1.82, 2.24) is 5.32 Å². The summed E-state index contributed by atoms with van der Waals surface area (Å²) < 4.78 is 6.45. The fourth-order valence-corrected chi connectivity index (χ4v) is 2.69. The van der Waals surface area contributed by atoms with Crippen LogP contribution in [0.3, 0.4) is 0 Å². The Morgan fingerprint density at radius 3 is 2.79 bits per heavy atom. The third-order valence-corrected chi connectivity index (χ3v) is 3.95. The van der Waals surface area contributed by atoms with E-state index in [0.717, 1.165) is 10.0 Å². The Bertz CT molecular complexity index is 725. The monoisotopic (exact) mass is 412 g/mol. The highest BCUT2D eigenvalue weighted by atomic mass is 79.9. The number of rotatable bonds is 6. The summed E-state index contributed by atoms with van der Waals surface area (Å²) in [6, 6.07) is 10.1. The van der Waals surface area contributed by atoms with E-state index >= 15 is 0 Å². The van der Waals surface area contributed by atoms with E-state index in [2.05, 4.69) is 26.6 Å². The molecule has 24 heavy (non-hydrogen) atoms. The maximum atomic E-state index is 11.8. The number of ether oxygens (including phenoxy) is 1. The molecule has 0 bridgehead atoms. The molecule has 0 heterocycles. The van der Waals surface area contributed by atoms with Gasteiger partial charge < -0.3 is 20.5 Å². The van der Waals surface area contributed by atoms with Gasteiger partial charge in [0.25, 0.3) is 0 Å². The Labute approximate surface area is 154 Å². The van der Waals surface area contributed by atoms with E-state index in [1.807, 2.05) is 19.1 Å². The predicted octanol–water partition coefficient (Wildman–Crippen LogP) is 4.71. The topological polar surface area (TPSA) is 70.6 Å². The second-order valence-electron chi connectivity index (χ2n) is 5.18. The molecule has 3 N–H and O–H groups in total. The van der Waals surface area contributed by atoms with Crippen molar-refractivity contribution in [1.29, 1.82) is 0 Å². The van der Waals surface area contributed by atoms with Crippen molar-refractivity contribution in [2.24, 2.45) is 0 Å². The molecule has 128 valence electrons. The summed E-state index contributed by atoms with van der Waals surface area (Å²) in [7, 11) is 0. The molecule has 0 unspecified atom stereocenters. The van der Waals surface area contributed by atoms with Crippen molar-refractivity contribution in [2.45, 2.75) is 13.3 Å². The number of carbonyl (C=O) groups is 1. The van der Waals surface area contributed by atoms with Crippen molar-refractivity contribution < 1.29 is 14.6 Å². The molecule has 0 aliphatic rings. The number of nitrogens with one attached hydrogen (secondary N) is 2. The maximum absolute atomic E-state index is 11.8. The highest BCUT2D eigenvalue weighted by Gasteiger charge is 2.06. The van der Waals surface area contributed by atoms with Crippen LogP contribution in [0.15, 0.2) is 40.9 Å². The number of amides is 2. The van der Waals surface area contributed by atoms with Crippen molar-refractivity contribution >= 4 is 39.2 Å². The van der Waals surface area contributed by atoms with Crippen LogP contribution in [0.25, 0.3) is 0 Å². The first-order valence-electron chi connectivity index (χ1n) is 7.38. The maximum Gasteiger partial charge on any atom is 0.319 e. The largest absolute Gasteiger partial charge is 0.506 e. The van der Waals surface area contributed by atoms with Gasteiger partial charge in [-0.1, -0.05) is 33.6 Å². The summed E-state index contributed by atoms with van der Waals surface area (Å²) in [5.41, 5.74) is 1.29. The highest BCUT2D eigenvalue weighted by molar-refractivity contribution is 9.10. The van der Waals surface area contributed by atoms with Crippen molar-refractivity contribution in [3.05, 3.63) is 51.5 Å². The number of anilines is 1. The fraction of sp³-hybridized carbons (Fsp3) is 0.235. The van der Waals surface area contributed by atoms with Crippen LogP contribution in [0.1, 0.15) is 12.0 Å². The Morgan fingerprint density at radius 2 is 2.08 bits per heavy atom. The summed E-state index contributed by atoms with van der Waals surface area (Å²) in [4.78, 5) is 11.8. The van der Waals surface area contributed by atoms with Gasteiger partial charge in [0.15, 0.2) is 0 Å². The van der Waals surface area contributed by atoms with Gasteiger partial charge in [-0.15, -0.1) is 0 Å². The van der Waals surface area contributed by atoms with E-state index in [1.54, 1.807) is 24.3 Å². The number of phenols is 1. The van der Waals surface area contributed by atoms with Crippen LogP contribution in [0.2, 0.25) is 5.02 Å². The molecule has 2 aromatic rings. The SMILES string of the molecule is Cc1ccc(NC(=O)NCCCOc2ccc(Br)cc2Cl)c(O)c1. The van der Waals surface area contributed by atoms with Gasteiger partial charge in [0.05, 0.1) is 17.3 Å². The number of benzene rings is 2. The molecule has 2 rings (SSSR count). The molecule has 0 radical (unpaired) electrons. The van der Waals surface area contributed by atoms with E-state index in [-0.39, 0.29) is 11.8 Å². The average molecular weight is 414 g/mol. The molecule has 7 heteroatoms. The van der Waals surface area contributed by atoms with Crippen LogP contribution in [0, 0.1) is 6.92 Å². The molecule has 0 atom stereocenters. The van der Waals surface area contributed by atoms with Crippen LogP contribution < -0.4 is 15.4 Å². The van der Waals surface area contributed by atoms with Gasteiger partial charge in [0.2, 0.25) is 0 Å². The van der Waals surface area contributed by atoms with Gasteiger partial charge in [-0.2, -0.15) is 0 Å². The lowest BCUT2D eigenvalue weighted by atomic mass is 10.2. The molecule has 0 saturated heterocycles. The standard InChI is InChI=1S/C17H18BrClN2O3/c1-11-3-5-14(15(22)9-11)21-17(23)20-7-2-8-24-16-6-4-12(18)10-13(16)19/h3-6,9-10,22H,2,7-8H2,1H3,(H2,20,21,23). The Morgan fingerprint density at radius 1 is 1.29 bits per heavy atom. The minimum atomic E-state index is -0.379. The van der Waals surface area contributed by atoms with Gasteiger partial charge in [0, 0.05) is 11.0 Å². The average Bonchev–Trinajstić information content (AvgIpc) is 2.51. The number of hydrogen-bond acceptors (Lipinski definition) is 3. The highest BCUT2D eigenvalue weighted by Crippen LogP contribution is 2.27. The molecule has 2 amide bonds. The molecule has 0 saturated carbocycles. The number of urea groups is 1. The van der Waals surface area contributed by atoms with Gasteiger partial charge in [-0.3, -0.25) is 0 Å². The molecule has 0 aliphatic heterocycles. The van der Waals surface area contributed by atoms with Crippen molar-refractivity contribution in [3.63, 3.8) is 0 Å². The van der Waals surface area contributed by atoms with E-state index in [9.17, 15) is 9.90 Å². The van der Waals surface area contributed by atoms with E-state index in [0.29, 0.717) is 36.0 Å². The summed E-state index contributed by atoms with van der Waals surface area (Å²) in [5.74, 6) is 0.646. The number of phenolic OH excluding ortho intramolecular Hbond substituents is 1. The van der Waals surface area contributed by atoms with Gasteiger partial charge in [0.1, 0.15) is 11.5 Å². The van der Waals surface area contributed by atoms with E-state index in [4.69, 9.17) is 16.3 Å². The first-order chi connectivity index (χ1) is 11.5. The first-order valence-corrected chi connectivity index (χ1v) is 8.55. The van der Waals surface area contributed by atoms with Crippen LogP contribution in [0.4, 0.5) is 10.5 Å². The first kappa shape index (κ1) is 18.4. The lowest BCUT2D eigenvalue weighted by Crippen LogP contribution is -2.30. The zero-order valence-electron chi connectivity index (χ0n) is 13.1. The lowest BCUT2D eigenvalue weighted by molar-refractivity contribution is 0.250. The third kappa shape index (κ3) is 5.62. The minimum Gasteiger partial charge on any atom is -0.506 e. The zero-order valence-corrected chi connectivity index (χ0v) is 15.4. The summed E-state index contributed by atoms with van der Waals surface area (Å²) in [6.45, 7) is 2.73. The molecule has 2 aromatic carbocycles. The minimum absolute atomic E-state index is 0.0402. The summed E-state index contributed by atoms with van der Waals surface area (Å²) in [6.07, 6.45) is 0.625. The van der Waals surface area contributed by atoms with Crippen molar-refractivity contribution in [3.8, 4) is 11.5 Å². The van der Waals surface area contributed by atoms with E-state index < -0.39 is 0 Å². The van der Waals surface area contributed by atoms with E-state index in [1.165, 1.54) is 0 Å². The molecule has 0 aromatic heterocycles. The van der Waals surface area contributed by atoms with Crippen LogP contribution in [-0.4, -0.2) is 24.3 Å². The summed E-state index contributed by atoms with van der Waals surface area (Å²) in [5, 5.41) is 15.6. The van der Waals surface area contributed by atoms with Gasteiger partial charge in [-0.05, 0) is 49.2 Å². The molecule has 5 nitrogen and oxygen atoms in total. The van der Waals surface area contributed by atoms with Crippen LogP contribution >= 0.6 is 27.5 Å².